The number of carbonyl (C=O) groups excluding carboxylic acids is 1. The quantitative estimate of drug-likeness (QED) is 0.441. The summed E-state index contributed by atoms with van der Waals surface area (Å²) in [5, 5.41) is 3.21. The molecule has 6 nitrogen and oxygen atoms in total. The van der Waals surface area contributed by atoms with Gasteiger partial charge >= 0.3 is 0 Å². The Morgan fingerprint density at radius 1 is 1.20 bits per heavy atom. The van der Waals surface area contributed by atoms with E-state index in [1.165, 1.54) is 28.8 Å². The molecule has 1 fully saturated rings. The van der Waals surface area contributed by atoms with Crippen LogP contribution in [-0.2, 0) is 13.6 Å². The zero-order valence-corrected chi connectivity index (χ0v) is 19.6. The number of amides is 1. The van der Waals surface area contributed by atoms with E-state index in [1.807, 2.05) is 7.05 Å². The number of fused-ring (bicyclic) bond motifs is 1. The number of halogens is 2. The molecule has 1 saturated carbocycles. The maximum atomic E-state index is 14.9. The second-order valence-electron chi connectivity index (χ2n) is 9.24. The lowest BCUT2D eigenvalue weighted by atomic mass is 9.77. The van der Waals surface area contributed by atoms with Gasteiger partial charge in [-0.2, -0.15) is 0 Å². The van der Waals surface area contributed by atoms with E-state index in [4.69, 9.17) is 0 Å². The average molecular weight is 477 g/mol. The molecule has 0 bridgehead atoms. The van der Waals surface area contributed by atoms with Crippen molar-refractivity contribution in [2.45, 2.75) is 38.8 Å². The van der Waals surface area contributed by atoms with E-state index in [9.17, 15) is 18.4 Å². The lowest BCUT2D eigenvalue weighted by Gasteiger charge is -2.35. The number of imidazole rings is 1. The smallest absolute Gasteiger partial charge is 0.262 e. The Labute approximate surface area is 201 Å². The van der Waals surface area contributed by atoms with E-state index in [-0.39, 0.29) is 40.7 Å². The fourth-order valence-corrected chi connectivity index (χ4v) is 4.91. The Morgan fingerprint density at radius 3 is 2.63 bits per heavy atom. The van der Waals surface area contributed by atoms with Crippen molar-refractivity contribution in [1.29, 1.82) is 0 Å². The third-order valence-corrected chi connectivity index (χ3v) is 6.93. The van der Waals surface area contributed by atoms with Gasteiger partial charge in [-0.1, -0.05) is 30.7 Å². The van der Waals surface area contributed by atoms with Crippen LogP contribution in [0.2, 0.25) is 0 Å². The van der Waals surface area contributed by atoms with Crippen LogP contribution in [0, 0.1) is 24.5 Å². The monoisotopic (exact) mass is 476 g/mol. The fourth-order valence-electron chi connectivity index (χ4n) is 4.91. The molecule has 0 spiro atoms. The lowest BCUT2D eigenvalue weighted by Crippen LogP contribution is -2.38. The van der Waals surface area contributed by atoms with E-state index >= 15 is 0 Å². The number of pyridine rings is 1. The second kappa shape index (κ2) is 9.09. The molecule has 1 aliphatic rings. The number of aryl methyl sites for hydroxylation is 1. The van der Waals surface area contributed by atoms with Gasteiger partial charge in [0.1, 0.15) is 11.6 Å². The predicted octanol–water partition coefficient (Wildman–Crippen LogP) is 4.64. The van der Waals surface area contributed by atoms with Gasteiger partial charge in [-0.05, 0) is 49.4 Å². The number of benzene rings is 2. The molecule has 1 N–H and O–H groups in total. The standard InChI is InChI=1S/C27H26F2N4O2/c1-16-23(26(34)31-25(17-6-3-7-17)18-8-4-9-19(28)12-18)21-10-5-11-22(29)24(21)27(35)33(16)14-20-13-32(2)15-30-20/h4-5,8-13,15,17,25H,3,6-7,14H2,1-2H3,(H,31,34)/t25-/m0/s1. The van der Waals surface area contributed by atoms with Gasteiger partial charge in [0.2, 0.25) is 0 Å². The van der Waals surface area contributed by atoms with Crippen LogP contribution in [0.3, 0.4) is 0 Å². The molecule has 0 aliphatic heterocycles. The summed E-state index contributed by atoms with van der Waals surface area (Å²) in [5.74, 6) is -1.29. The van der Waals surface area contributed by atoms with Crippen LogP contribution in [0.15, 0.2) is 59.8 Å². The van der Waals surface area contributed by atoms with E-state index in [2.05, 4.69) is 10.3 Å². The average Bonchev–Trinajstić information content (AvgIpc) is 3.19. The number of nitrogens with zero attached hydrogens (tertiary/aromatic N) is 3. The molecular weight excluding hydrogens is 450 g/mol. The number of carbonyl (C=O) groups is 1. The van der Waals surface area contributed by atoms with E-state index in [1.54, 1.807) is 42.2 Å². The van der Waals surface area contributed by atoms with Crippen molar-refractivity contribution < 1.29 is 13.6 Å². The Hall–Kier alpha value is -3.81. The summed E-state index contributed by atoms with van der Waals surface area (Å²) < 4.78 is 32.0. The molecule has 8 heteroatoms. The fraction of sp³-hybridized carbons (Fsp3) is 0.296. The van der Waals surface area contributed by atoms with Gasteiger partial charge < -0.3 is 14.5 Å². The Kier molecular flexibility index (Phi) is 5.96. The largest absolute Gasteiger partial charge is 0.345 e. The maximum Gasteiger partial charge on any atom is 0.262 e. The lowest BCUT2D eigenvalue weighted by molar-refractivity contribution is 0.0900. The summed E-state index contributed by atoms with van der Waals surface area (Å²) in [6.45, 7) is 1.79. The number of nitrogens with one attached hydrogen (secondary N) is 1. The van der Waals surface area contributed by atoms with Gasteiger partial charge in [0.05, 0.1) is 35.6 Å². The summed E-state index contributed by atoms with van der Waals surface area (Å²) >= 11 is 0. The Morgan fingerprint density at radius 2 is 1.97 bits per heavy atom. The molecular formula is C27H26F2N4O2. The molecule has 2 aromatic carbocycles. The molecule has 1 aliphatic carbocycles. The van der Waals surface area contributed by atoms with Crippen molar-refractivity contribution in [3.8, 4) is 0 Å². The maximum absolute atomic E-state index is 14.9. The predicted molar refractivity (Wildman–Crippen MR) is 129 cm³/mol. The van der Waals surface area contributed by atoms with Crippen LogP contribution in [0.1, 0.15) is 52.6 Å². The summed E-state index contributed by atoms with van der Waals surface area (Å²) in [6.07, 6.45) is 6.29. The highest BCUT2D eigenvalue weighted by molar-refractivity contribution is 6.08. The van der Waals surface area contributed by atoms with Crippen molar-refractivity contribution in [2.75, 3.05) is 0 Å². The van der Waals surface area contributed by atoms with Crippen LogP contribution in [0.4, 0.5) is 8.78 Å². The van der Waals surface area contributed by atoms with Crippen molar-refractivity contribution in [3.05, 3.63) is 99.5 Å². The van der Waals surface area contributed by atoms with Crippen LogP contribution in [-0.4, -0.2) is 20.0 Å². The first-order valence-electron chi connectivity index (χ1n) is 11.7. The van der Waals surface area contributed by atoms with E-state index in [0.29, 0.717) is 17.0 Å². The molecule has 0 saturated heterocycles. The van der Waals surface area contributed by atoms with Crippen LogP contribution in [0.25, 0.3) is 10.8 Å². The van der Waals surface area contributed by atoms with Crippen molar-refractivity contribution in [3.63, 3.8) is 0 Å². The first-order chi connectivity index (χ1) is 16.8. The number of aromatic nitrogens is 3. The van der Waals surface area contributed by atoms with Crippen molar-refractivity contribution in [1.82, 2.24) is 19.4 Å². The summed E-state index contributed by atoms with van der Waals surface area (Å²) in [4.78, 5) is 31.4. The SMILES string of the molecule is Cc1c(C(=O)N[C@H](c2cccc(F)c2)C2CCC2)c2cccc(F)c2c(=O)n1Cc1cn(C)cn1. The van der Waals surface area contributed by atoms with Crippen LogP contribution in [0.5, 0.6) is 0 Å². The normalized spacial score (nSPS) is 14.6. The van der Waals surface area contributed by atoms with E-state index in [0.717, 1.165) is 19.3 Å². The third-order valence-electron chi connectivity index (χ3n) is 6.93. The summed E-state index contributed by atoms with van der Waals surface area (Å²) in [7, 11) is 1.82. The number of rotatable bonds is 6. The molecule has 35 heavy (non-hydrogen) atoms. The first kappa shape index (κ1) is 23.0. The molecule has 5 rings (SSSR count). The van der Waals surface area contributed by atoms with Gasteiger partial charge in [-0.25, -0.2) is 13.8 Å². The van der Waals surface area contributed by atoms with Crippen LogP contribution < -0.4 is 10.9 Å². The highest BCUT2D eigenvalue weighted by Gasteiger charge is 2.32. The highest BCUT2D eigenvalue weighted by atomic mass is 19.1. The minimum atomic E-state index is -0.683. The van der Waals surface area contributed by atoms with Gasteiger partial charge in [-0.3, -0.25) is 9.59 Å². The molecule has 2 heterocycles. The zero-order valence-electron chi connectivity index (χ0n) is 19.6. The second-order valence-corrected chi connectivity index (χ2v) is 9.24. The van der Waals surface area contributed by atoms with Crippen molar-refractivity contribution >= 4 is 16.7 Å². The van der Waals surface area contributed by atoms with Crippen molar-refractivity contribution in [2.24, 2.45) is 13.0 Å². The van der Waals surface area contributed by atoms with Gasteiger partial charge in [0.25, 0.3) is 11.5 Å². The number of hydrogen-bond acceptors (Lipinski definition) is 3. The topological polar surface area (TPSA) is 68.9 Å². The Balaban J connectivity index is 1.62. The van der Waals surface area contributed by atoms with Gasteiger partial charge in [0, 0.05) is 24.3 Å². The zero-order chi connectivity index (χ0) is 24.7. The molecule has 4 aromatic rings. The number of hydrogen-bond donors (Lipinski definition) is 1. The van der Waals surface area contributed by atoms with Crippen LogP contribution >= 0.6 is 0 Å². The highest BCUT2D eigenvalue weighted by Crippen LogP contribution is 2.38. The van der Waals surface area contributed by atoms with E-state index < -0.39 is 17.3 Å². The third kappa shape index (κ3) is 4.24. The molecule has 0 unspecified atom stereocenters. The Bertz CT molecular complexity index is 1490. The summed E-state index contributed by atoms with van der Waals surface area (Å²) in [5.41, 5.74) is 1.45. The molecule has 2 aromatic heterocycles. The minimum absolute atomic E-state index is 0.103. The molecule has 0 radical (unpaired) electrons. The minimum Gasteiger partial charge on any atom is -0.345 e. The molecule has 1 amide bonds. The van der Waals surface area contributed by atoms with Gasteiger partial charge in [0.15, 0.2) is 0 Å². The van der Waals surface area contributed by atoms with Gasteiger partial charge in [-0.15, -0.1) is 0 Å². The first-order valence-corrected chi connectivity index (χ1v) is 11.7. The molecule has 1 atom stereocenters. The molecule has 180 valence electrons. The summed E-state index contributed by atoms with van der Waals surface area (Å²) in [6, 6.07) is 10.2.